The summed E-state index contributed by atoms with van der Waals surface area (Å²) < 4.78 is 14.5. The third-order valence-corrected chi connectivity index (χ3v) is 7.11. The number of nitrogens with one attached hydrogen (secondary N) is 1. The van der Waals surface area contributed by atoms with Gasteiger partial charge in [0, 0.05) is 21.8 Å². The molecule has 0 atom stereocenters. The fourth-order valence-corrected chi connectivity index (χ4v) is 5.74. The molecule has 0 spiro atoms. The van der Waals surface area contributed by atoms with E-state index in [9.17, 15) is 4.79 Å². The van der Waals surface area contributed by atoms with Gasteiger partial charge in [0.2, 0.25) is 0 Å². The van der Waals surface area contributed by atoms with E-state index < -0.39 is 5.97 Å². The molecule has 0 aliphatic rings. The Labute approximate surface area is 243 Å². The third-order valence-electron chi connectivity index (χ3n) is 6.64. The van der Waals surface area contributed by atoms with Crippen molar-refractivity contribution in [3.05, 3.63) is 89.0 Å². The van der Waals surface area contributed by atoms with Gasteiger partial charge in [-0.05, 0) is 94.9 Å². The number of halogens is 1. The summed E-state index contributed by atoms with van der Waals surface area (Å²) in [4.78, 5) is 18.0. The molecule has 0 bridgehead atoms. The number of rotatable bonds is 7. The van der Waals surface area contributed by atoms with Crippen LogP contribution in [-0.2, 0) is 0 Å². The highest BCUT2D eigenvalue weighted by atomic mass is 79.9. The smallest absolute Gasteiger partial charge is 0.343 e. The van der Waals surface area contributed by atoms with Crippen molar-refractivity contribution in [1.82, 2.24) is 9.38 Å². The average Bonchev–Trinajstić information content (AvgIpc) is 3.23. The van der Waals surface area contributed by atoms with Crippen LogP contribution in [0.5, 0.6) is 11.5 Å². The van der Waals surface area contributed by atoms with Crippen LogP contribution < -0.4 is 14.8 Å². The lowest BCUT2D eigenvalue weighted by Gasteiger charge is -2.34. The highest BCUT2D eigenvalue weighted by Crippen LogP contribution is 2.39. The third kappa shape index (κ3) is 5.99. The summed E-state index contributed by atoms with van der Waals surface area (Å²) in [5.41, 5.74) is 2.85. The minimum Gasteiger partial charge on any atom is -0.493 e. The second-order valence-electron chi connectivity index (χ2n) is 11.9. The lowest BCUT2D eigenvalue weighted by molar-refractivity contribution is 0.0730. The van der Waals surface area contributed by atoms with Gasteiger partial charge < -0.3 is 14.8 Å². The number of anilines is 1. The Morgan fingerprint density at radius 1 is 0.925 bits per heavy atom. The normalized spacial score (nSPS) is 12.1. The van der Waals surface area contributed by atoms with Gasteiger partial charge in [-0.3, -0.25) is 4.40 Å². The Bertz CT molecular complexity index is 1720. The number of hydrogen-bond donors (Lipinski definition) is 1. The second kappa shape index (κ2) is 10.6. The molecule has 5 aromatic rings. The fraction of sp³-hybridized carbons (Fsp3) is 0.273. The van der Waals surface area contributed by atoms with E-state index in [-0.39, 0.29) is 11.0 Å². The maximum Gasteiger partial charge on any atom is 0.343 e. The Morgan fingerprint density at radius 3 is 2.40 bits per heavy atom. The fourth-order valence-electron chi connectivity index (χ4n) is 5.40. The molecule has 3 aromatic carbocycles. The molecule has 6 nitrogen and oxygen atoms in total. The molecular formula is C33H34BrN3O3. The molecule has 0 amide bonds. The van der Waals surface area contributed by atoms with Crippen LogP contribution in [0.1, 0.15) is 51.4 Å². The lowest BCUT2D eigenvalue weighted by Crippen LogP contribution is -2.36. The first-order valence-electron chi connectivity index (χ1n) is 13.3. The second-order valence-corrected chi connectivity index (χ2v) is 12.9. The van der Waals surface area contributed by atoms with Crippen molar-refractivity contribution in [3.63, 3.8) is 0 Å². The van der Waals surface area contributed by atoms with E-state index >= 15 is 0 Å². The maximum absolute atomic E-state index is 13.0. The predicted molar refractivity (Wildman–Crippen MR) is 166 cm³/mol. The van der Waals surface area contributed by atoms with E-state index in [2.05, 4.69) is 60.3 Å². The van der Waals surface area contributed by atoms with Gasteiger partial charge in [0.05, 0.1) is 12.7 Å². The molecule has 2 aromatic heterocycles. The number of ether oxygens (including phenoxy) is 2. The van der Waals surface area contributed by atoms with Crippen LogP contribution in [0.2, 0.25) is 0 Å². The Morgan fingerprint density at radius 2 is 1.68 bits per heavy atom. The SMILES string of the molecule is COc1cc(-c2nc3ccc(Br)cn3c2NC(C)(C)CC(C)(C)C)ccc1OC(=O)c1ccc2ccccc2c1. The van der Waals surface area contributed by atoms with Crippen LogP contribution in [0.4, 0.5) is 5.82 Å². The first kappa shape index (κ1) is 27.7. The van der Waals surface area contributed by atoms with Gasteiger partial charge in [0.1, 0.15) is 17.2 Å². The van der Waals surface area contributed by atoms with E-state index in [0.29, 0.717) is 17.1 Å². The lowest BCUT2D eigenvalue weighted by atomic mass is 9.82. The quantitative estimate of drug-likeness (QED) is 0.149. The first-order chi connectivity index (χ1) is 18.9. The van der Waals surface area contributed by atoms with Gasteiger partial charge in [-0.1, -0.05) is 51.1 Å². The van der Waals surface area contributed by atoms with Crippen LogP contribution >= 0.6 is 15.9 Å². The van der Waals surface area contributed by atoms with Crippen LogP contribution in [0.25, 0.3) is 27.7 Å². The molecule has 0 saturated heterocycles. The molecule has 5 rings (SSSR count). The number of benzene rings is 3. The summed E-state index contributed by atoms with van der Waals surface area (Å²) in [6, 6.07) is 22.9. The van der Waals surface area contributed by atoms with E-state index in [1.54, 1.807) is 19.2 Å². The van der Waals surface area contributed by atoms with Crippen molar-refractivity contribution in [3.8, 4) is 22.8 Å². The van der Waals surface area contributed by atoms with Crippen molar-refractivity contribution < 1.29 is 14.3 Å². The molecule has 0 saturated carbocycles. The van der Waals surface area contributed by atoms with Gasteiger partial charge in [-0.25, -0.2) is 9.78 Å². The molecule has 2 heterocycles. The van der Waals surface area contributed by atoms with E-state index in [1.165, 1.54) is 0 Å². The molecule has 1 N–H and O–H groups in total. The first-order valence-corrected chi connectivity index (χ1v) is 14.1. The number of hydrogen-bond acceptors (Lipinski definition) is 5. The molecule has 0 radical (unpaired) electrons. The number of pyridine rings is 1. The van der Waals surface area contributed by atoms with Gasteiger partial charge in [-0.15, -0.1) is 0 Å². The molecular weight excluding hydrogens is 566 g/mol. The minimum atomic E-state index is -0.444. The number of methoxy groups -OCH3 is 1. The number of imidazole rings is 1. The highest BCUT2D eigenvalue weighted by Gasteiger charge is 2.28. The summed E-state index contributed by atoms with van der Waals surface area (Å²) in [5, 5.41) is 5.81. The average molecular weight is 601 g/mol. The van der Waals surface area contributed by atoms with Crippen molar-refractivity contribution in [2.75, 3.05) is 12.4 Å². The minimum absolute atomic E-state index is 0.136. The summed E-state index contributed by atoms with van der Waals surface area (Å²) >= 11 is 3.60. The number of esters is 1. The standard InChI is InChI=1S/C33H34BrN3O3/c1-32(2,3)20-33(4,5)36-30-29(35-28-16-14-25(34)19-37(28)30)23-13-15-26(27(18-23)39-6)40-31(38)24-12-11-21-9-7-8-10-22(21)17-24/h7-19,36H,20H2,1-6H3. The van der Waals surface area contributed by atoms with Crippen LogP contribution in [0, 0.1) is 5.41 Å². The monoisotopic (exact) mass is 599 g/mol. The molecule has 206 valence electrons. The van der Waals surface area contributed by atoms with Gasteiger partial charge in [0.15, 0.2) is 11.5 Å². The predicted octanol–water partition coefficient (Wildman–Crippen LogP) is 8.77. The molecule has 0 fully saturated rings. The van der Waals surface area contributed by atoms with Crippen molar-refractivity contribution >= 4 is 44.1 Å². The van der Waals surface area contributed by atoms with Gasteiger partial charge in [0.25, 0.3) is 0 Å². The zero-order valence-corrected chi connectivity index (χ0v) is 25.3. The van der Waals surface area contributed by atoms with Crippen molar-refractivity contribution in [2.24, 2.45) is 5.41 Å². The van der Waals surface area contributed by atoms with Gasteiger partial charge in [-0.2, -0.15) is 0 Å². The molecule has 40 heavy (non-hydrogen) atoms. The zero-order valence-electron chi connectivity index (χ0n) is 23.7. The summed E-state index contributed by atoms with van der Waals surface area (Å²) in [7, 11) is 1.57. The number of fused-ring (bicyclic) bond motifs is 2. The topological polar surface area (TPSA) is 64.9 Å². The van der Waals surface area contributed by atoms with E-state index in [4.69, 9.17) is 14.5 Å². The van der Waals surface area contributed by atoms with Crippen molar-refractivity contribution in [1.29, 1.82) is 0 Å². The van der Waals surface area contributed by atoms with Crippen LogP contribution in [-0.4, -0.2) is 28.0 Å². The Kier molecular flexibility index (Phi) is 7.36. The van der Waals surface area contributed by atoms with E-state index in [0.717, 1.165) is 44.4 Å². The molecule has 0 aliphatic carbocycles. The zero-order chi connectivity index (χ0) is 28.7. The number of carbonyl (C=O) groups excluding carboxylic acids is 1. The largest absolute Gasteiger partial charge is 0.493 e. The van der Waals surface area contributed by atoms with Crippen LogP contribution in [0.15, 0.2) is 83.5 Å². The number of carbonyl (C=O) groups is 1. The highest BCUT2D eigenvalue weighted by molar-refractivity contribution is 9.10. The molecule has 0 unspecified atom stereocenters. The van der Waals surface area contributed by atoms with Gasteiger partial charge >= 0.3 is 5.97 Å². The number of nitrogens with zero attached hydrogens (tertiary/aromatic N) is 2. The summed E-state index contributed by atoms with van der Waals surface area (Å²) in [6.45, 7) is 11.1. The van der Waals surface area contributed by atoms with Crippen LogP contribution in [0.3, 0.4) is 0 Å². The summed E-state index contributed by atoms with van der Waals surface area (Å²) in [6.07, 6.45) is 2.96. The molecule has 7 heteroatoms. The summed E-state index contributed by atoms with van der Waals surface area (Å²) in [5.74, 6) is 1.23. The van der Waals surface area contributed by atoms with Crippen molar-refractivity contribution in [2.45, 2.75) is 46.6 Å². The Hall–Kier alpha value is -3.84. The van der Waals surface area contributed by atoms with E-state index in [1.807, 2.05) is 66.9 Å². The maximum atomic E-state index is 13.0. The Balaban J connectivity index is 1.50. The molecule has 0 aliphatic heterocycles. The number of aromatic nitrogens is 2.